The van der Waals surface area contributed by atoms with Gasteiger partial charge in [0.2, 0.25) is 17.4 Å². The lowest BCUT2D eigenvalue weighted by Gasteiger charge is -2.14. The van der Waals surface area contributed by atoms with Gasteiger partial charge in [-0.2, -0.15) is 0 Å². The number of ketones is 1. The fraction of sp³-hybridized carbons (Fsp3) is 0.286. The molecule has 0 aliphatic rings. The van der Waals surface area contributed by atoms with Crippen LogP contribution in [-0.4, -0.2) is 52.4 Å². The van der Waals surface area contributed by atoms with E-state index in [0.29, 0.717) is 41.3 Å². The van der Waals surface area contributed by atoms with E-state index in [4.69, 9.17) is 29.1 Å². The predicted molar refractivity (Wildman–Crippen MR) is 112 cm³/mol. The fourth-order valence-corrected chi connectivity index (χ4v) is 3.19. The molecule has 9 heteroatoms. The highest BCUT2D eigenvalue weighted by molar-refractivity contribution is 6.20. The summed E-state index contributed by atoms with van der Waals surface area (Å²) in [5, 5.41) is 13.9. The second kappa shape index (κ2) is 8.83. The van der Waals surface area contributed by atoms with E-state index in [-0.39, 0.29) is 34.3 Å². The van der Waals surface area contributed by atoms with Crippen molar-refractivity contribution in [3.63, 3.8) is 0 Å². The number of aromatic hydroxyl groups is 1. The van der Waals surface area contributed by atoms with E-state index < -0.39 is 0 Å². The van der Waals surface area contributed by atoms with Gasteiger partial charge in [-0.1, -0.05) is 0 Å². The van der Waals surface area contributed by atoms with Crippen molar-refractivity contribution in [2.24, 2.45) is 5.73 Å². The highest BCUT2D eigenvalue weighted by Crippen LogP contribution is 2.43. The molecule has 0 saturated heterocycles. The maximum Gasteiger partial charge on any atom is 0.205 e. The first-order chi connectivity index (χ1) is 14.5. The van der Waals surface area contributed by atoms with Gasteiger partial charge < -0.3 is 39.5 Å². The average molecular weight is 416 g/mol. The Labute approximate surface area is 173 Å². The van der Waals surface area contributed by atoms with Gasteiger partial charge >= 0.3 is 0 Å². The lowest BCUT2D eigenvalue weighted by Crippen LogP contribution is -2.14. The van der Waals surface area contributed by atoms with Crippen molar-refractivity contribution < 1.29 is 33.3 Å². The molecule has 160 valence electrons. The molecule has 2 aromatic carbocycles. The maximum absolute atomic E-state index is 13.5. The SMILES string of the molecule is COc1cc(C(=O)c2c(NCCN)oc3c(O)c(OC)ccc23)cc(OC)c1OC. The number of hydrogen-bond acceptors (Lipinski definition) is 9. The largest absolute Gasteiger partial charge is 0.502 e. The van der Waals surface area contributed by atoms with E-state index in [0.717, 1.165) is 0 Å². The molecule has 0 aliphatic carbocycles. The topological polar surface area (TPSA) is 125 Å². The van der Waals surface area contributed by atoms with Gasteiger partial charge in [-0.15, -0.1) is 0 Å². The van der Waals surface area contributed by atoms with Crippen molar-refractivity contribution in [3.8, 4) is 28.7 Å². The number of phenols is 1. The van der Waals surface area contributed by atoms with Crippen LogP contribution in [0.3, 0.4) is 0 Å². The molecule has 3 aromatic rings. The molecule has 0 amide bonds. The number of methoxy groups -OCH3 is 4. The van der Waals surface area contributed by atoms with Crippen molar-refractivity contribution in [3.05, 3.63) is 35.4 Å². The number of anilines is 1. The molecule has 4 N–H and O–H groups in total. The first-order valence-electron chi connectivity index (χ1n) is 9.11. The number of carbonyl (C=O) groups excluding carboxylic acids is 1. The Morgan fingerprint density at radius 2 is 1.67 bits per heavy atom. The molecule has 9 nitrogen and oxygen atoms in total. The number of ether oxygens (including phenoxy) is 4. The first-order valence-corrected chi connectivity index (χ1v) is 9.11. The summed E-state index contributed by atoms with van der Waals surface area (Å²) in [7, 11) is 5.85. The molecular weight excluding hydrogens is 392 g/mol. The number of phenolic OH excluding ortho intramolecular Hbond substituents is 1. The molecule has 0 bridgehead atoms. The van der Waals surface area contributed by atoms with Crippen molar-refractivity contribution >= 4 is 22.6 Å². The van der Waals surface area contributed by atoms with Crippen LogP contribution in [0.15, 0.2) is 28.7 Å². The minimum absolute atomic E-state index is 0.129. The summed E-state index contributed by atoms with van der Waals surface area (Å²) in [6.45, 7) is 0.692. The van der Waals surface area contributed by atoms with E-state index in [1.165, 1.54) is 28.4 Å². The number of nitrogens with two attached hydrogens (primary N) is 1. The van der Waals surface area contributed by atoms with Gasteiger partial charge in [-0.25, -0.2) is 0 Å². The van der Waals surface area contributed by atoms with Gasteiger partial charge in [0.15, 0.2) is 28.6 Å². The smallest absolute Gasteiger partial charge is 0.205 e. The van der Waals surface area contributed by atoms with Gasteiger partial charge in [0.1, 0.15) is 0 Å². The highest BCUT2D eigenvalue weighted by Gasteiger charge is 2.27. The molecule has 0 unspecified atom stereocenters. The zero-order valence-corrected chi connectivity index (χ0v) is 17.2. The molecule has 0 fully saturated rings. The van der Waals surface area contributed by atoms with Gasteiger partial charge in [0, 0.05) is 24.0 Å². The predicted octanol–water partition coefficient (Wildman–Crippen LogP) is 2.77. The summed E-state index contributed by atoms with van der Waals surface area (Å²) in [5.41, 5.74) is 6.25. The van der Waals surface area contributed by atoms with Crippen LogP contribution in [0.5, 0.6) is 28.7 Å². The fourth-order valence-electron chi connectivity index (χ4n) is 3.19. The van der Waals surface area contributed by atoms with Gasteiger partial charge in [0.25, 0.3) is 0 Å². The molecule has 30 heavy (non-hydrogen) atoms. The number of benzene rings is 2. The third-order valence-corrected chi connectivity index (χ3v) is 4.60. The second-order valence-corrected chi connectivity index (χ2v) is 6.26. The highest BCUT2D eigenvalue weighted by atomic mass is 16.5. The molecule has 3 rings (SSSR count). The number of furan rings is 1. The van der Waals surface area contributed by atoms with Crippen LogP contribution < -0.4 is 30.0 Å². The third kappa shape index (κ3) is 3.55. The lowest BCUT2D eigenvalue weighted by atomic mass is 10.0. The molecule has 0 saturated carbocycles. The molecule has 1 heterocycles. The van der Waals surface area contributed by atoms with Crippen molar-refractivity contribution in [2.75, 3.05) is 46.8 Å². The summed E-state index contributed by atoms with van der Waals surface area (Å²) in [4.78, 5) is 13.5. The summed E-state index contributed by atoms with van der Waals surface area (Å²) in [6, 6.07) is 6.32. The van der Waals surface area contributed by atoms with E-state index in [1.54, 1.807) is 24.3 Å². The van der Waals surface area contributed by atoms with E-state index in [1.807, 2.05) is 0 Å². The van der Waals surface area contributed by atoms with Crippen LogP contribution in [0.4, 0.5) is 5.88 Å². The van der Waals surface area contributed by atoms with Crippen molar-refractivity contribution in [2.45, 2.75) is 0 Å². The van der Waals surface area contributed by atoms with E-state index >= 15 is 0 Å². The Morgan fingerprint density at radius 1 is 1.03 bits per heavy atom. The number of rotatable bonds is 9. The Hall–Kier alpha value is -3.59. The Bertz CT molecular complexity index is 1050. The normalized spacial score (nSPS) is 10.7. The van der Waals surface area contributed by atoms with Crippen molar-refractivity contribution in [1.82, 2.24) is 0 Å². The molecular formula is C21H24N2O7. The van der Waals surface area contributed by atoms with Crippen LogP contribution in [0.1, 0.15) is 15.9 Å². The second-order valence-electron chi connectivity index (χ2n) is 6.26. The molecule has 0 spiro atoms. The van der Waals surface area contributed by atoms with Crippen LogP contribution in [0.2, 0.25) is 0 Å². The van der Waals surface area contributed by atoms with E-state index in [2.05, 4.69) is 5.32 Å². The number of nitrogens with one attached hydrogen (secondary N) is 1. The monoisotopic (exact) mass is 416 g/mol. The van der Waals surface area contributed by atoms with Gasteiger partial charge in [0.05, 0.1) is 34.0 Å². The van der Waals surface area contributed by atoms with E-state index in [9.17, 15) is 9.90 Å². The summed E-state index contributed by atoms with van der Waals surface area (Å²) < 4.78 is 26.9. The molecule has 0 radical (unpaired) electrons. The third-order valence-electron chi connectivity index (χ3n) is 4.60. The molecule has 0 aliphatic heterocycles. The summed E-state index contributed by atoms with van der Waals surface area (Å²) >= 11 is 0. The minimum atomic E-state index is -0.364. The average Bonchev–Trinajstić information content (AvgIpc) is 3.15. The van der Waals surface area contributed by atoms with Crippen LogP contribution in [-0.2, 0) is 0 Å². The van der Waals surface area contributed by atoms with Gasteiger partial charge in [-0.3, -0.25) is 4.79 Å². The van der Waals surface area contributed by atoms with Gasteiger partial charge in [-0.05, 0) is 24.3 Å². The molecule has 1 aromatic heterocycles. The van der Waals surface area contributed by atoms with Crippen molar-refractivity contribution in [1.29, 1.82) is 0 Å². The minimum Gasteiger partial charge on any atom is -0.502 e. The van der Waals surface area contributed by atoms with Crippen LogP contribution >= 0.6 is 0 Å². The number of carbonyl (C=O) groups is 1. The number of fused-ring (bicyclic) bond motifs is 1. The molecule has 0 atom stereocenters. The zero-order valence-electron chi connectivity index (χ0n) is 17.2. The number of hydrogen-bond donors (Lipinski definition) is 3. The quantitative estimate of drug-likeness (QED) is 0.451. The summed E-state index contributed by atoms with van der Waals surface area (Å²) in [5.74, 6) is 0.915. The van der Waals surface area contributed by atoms with Crippen LogP contribution in [0, 0.1) is 0 Å². The zero-order chi connectivity index (χ0) is 21.8. The summed E-state index contributed by atoms with van der Waals surface area (Å²) in [6.07, 6.45) is 0. The first kappa shape index (κ1) is 21.1. The lowest BCUT2D eigenvalue weighted by molar-refractivity contribution is 0.103. The maximum atomic E-state index is 13.5. The standard InChI is InChI=1S/C21H24N2O7/c1-26-13-6-5-12-16(21(23-8-7-22)30-19(12)18(13)25)17(24)11-9-14(27-2)20(29-4)15(10-11)28-3/h5-6,9-10,23,25H,7-8,22H2,1-4H3. The Balaban J connectivity index is 2.22. The Kier molecular flexibility index (Phi) is 6.22. The van der Waals surface area contributed by atoms with Crippen LogP contribution in [0.25, 0.3) is 11.0 Å². The Morgan fingerprint density at radius 3 is 2.20 bits per heavy atom.